The van der Waals surface area contributed by atoms with Gasteiger partial charge in [-0.15, -0.1) is 0 Å². The number of benzene rings is 2. The summed E-state index contributed by atoms with van der Waals surface area (Å²) in [5.74, 6) is -0.598. The number of amides is 1. The molecule has 0 radical (unpaired) electrons. The number of halogens is 1. The van der Waals surface area contributed by atoms with Crippen LogP contribution in [0.4, 0.5) is 4.39 Å². The van der Waals surface area contributed by atoms with Gasteiger partial charge in [0.15, 0.2) is 0 Å². The van der Waals surface area contributed by atoms with Crippen molar-refractivity contribution in [3.05, 3.63) is 65.8 Å². The molecule has 0 saturated carbocycles. The van der Waals surface area contributed by atoms with Gasteiger partial charge in [0.1, 0.15) is 5.82 Å². The standard InChI is InChI=1S/C25H29FN4O4S/c1-25(2,3)19-8-6-17(7-9-19)23-28-22(34-29-23)15-27-24(31)18-5-4-14-30(16-18)35(32,33)21-12-10-20(26)11-13-21/h6-13,18H,4-5,14-16H2,1-3H3,(H,27,31)/t18-/m1/s1. The predicted molar refractivity (Wildman–Crippen MR) is 128 cm³/mol. The number of aromatic nitrogens is 2. The summed E-state index contributed by atoms with van der Waals surface area (Å²) in [6.07, 6.45) is 1.12. The summed E-state index contributed by atoms with van der Waals surface area (Å²) in [7, 11) is -3.81. The maximum absolute atomic E-state index is 13.2. The fourth-order valence-corrected chi connectivity index (χ4v) is 5.52. The Morgan fingerprint density at radius 2 is 1.83 bits per heavy atom. The highest BCUT2D eigenvalue weighted by Crippen LogP contribution is 2.26. The van der Waals surface area contributed by atoms with Gasteiger partial charge >= 0.3 is 0 Å². The molecular weight excluding hydrogens is 471 g/mol. The number of hydrogen-bond donors (Lipinski definition) is 1. The molecule has 1 aliphatic rings. The lowest BCUT2D eigenvalue weighted by atomic mass is 9.87. The van der Waals surface area contributed by atoms with Crippen molar-refractivity contribution in [2.24, 2.45) is 5.92 Å². The Balaban J connectivity index is 1.36. The number of carbonyl (C=O) groups excluding carboxylic acids is 1. The monoisotopic (exact) mass is 500 g/mol. The highest BCUT2D eigenvalue weighted by atomic mass is 32.2. The molecule has 10 heteroatoms. The molecule has 1 atom stereocenters. The first-order valence-corrected chi connectivity index (χ1v) is 12.9. The molecular formula is C25H29FN4O4S. The Labute approximate surface area is 204 Å². The number of carbonyl (C=O) groups is 1. The molecule has 0 spiro atoms. The van der Waals surface area contributed by atoms with E-state index in [4.69, 9.17) is 4.52 Å². The van der Waals surface area contributed by atoms with Crippen LogP contribution < -0.4 is 5.32 Å². The van der Waals surface area contributed by atoms with Crippen molar-refractivity contribution in [1.82, 2.24) is 19.8 Å². The number of sulfonamides is 1. The van der Waals surface area contributed by atoms with E-state index in [1.807, 2.05) is 24.3 Å². The normalized spacial score (nSPS) is 17.3. The van der Waals surface area contributed by atoms with Crippen LogP contribution in [0.25, 0.3) is 11.4 Å². The molecule has 3 aromatic rings. The maximum atomic E-state index is 13.2. The number of nitrogens with zero attached hydrogens (tertiary/aromatic N) is 3. The molecule has 1 saturated heterocycles. The Kier molecular flexibility index (Phi) is 7.05. The Bertz CT molecular complexity index is 1280. The van der Waals surface area contributed by atoms with Crippen LogP contribution in [0.2, 0.25) is 0 Å². The lowest BCUT2D eigenvalue weighted by Gasteiger charge is -2.31. The van der Waals surface area contributed by atoms with Crippen molar-refractivity contribution in [3.63, 3.8) is 0 Å². The van der Waals surface area contributed by atoms with Crippen LogP contribution in [0.3, 0.4) is 0 Å². The van der Waals surface area contributed by atoms with Crippen LogP contribution in [0, 0.1) is 11.7 Å². The van der Waals surface area contributed by atoms with E-state index in [0.29, 0.717) is 25.2 Å². The zero-order chi connectivity index (χ0) is 25.2. The van der Waals surface area contributed by atoms with Crippen molar-refractivity contribution >= 4 is 15.9 Å². The van der Waals surface area contributed by atoms with E-state index in [2.05, 4.69) is 36.2 Å². The van der Waals surface area contributed by atoms with Crippen molar-refractivity contribution in [3.8, 4) is 11.4 Å². The molecule has 35 heavy (non-hydrogen) atoms. The van der Waals surface area contributed by atoms with Gasteiger partial charge in [-0.25, -0.2) is 12.8 Å². The molecule has 8 nitrogen and oxygen atoms in total. The highest BCUT2D eigenvalue weighted by molar-refractivity contribution is 7.89. The summed E-state index contributed by atoms with van der Waals surface area (Å²) >= 11 is 0. The van der Waals surface area contributed by atoms with E-state index in [0.717, 1.165) is 17.7 Å². The van der Waals surface area contributed by atoms with Gasteiger partial charge in [0.2, 0.25) is 27.6 Å². The van der Waals surface area contributed by atoms with Gasteiger partial charge in [-0.3, -0.25) is 4.79 Å². The second kappa shape index (κ2) is 9.87. The molecule has 0 bridgehead atoms. The minimum Gasteiger partial charge on any atom is -0.347 e. The molecule has 4 rings (SSSR count). The number of hydrogen-bond acceptors (Lipinski definition) is 6. The van der Waals surface area contributed by atoms with Gasteiger partial charge in [0.25, 0.3) is 0 Å². The van der Waals surface area contributed by atoms with Crippen molar-refractivity contribution in [2.45, 2.75) is 50.5 Å². The molecule has 1 N–H and O–H groups in total. The summed E-state index contributed by atoms with van der Waals surface area (Å²) in [6, 6.07) is 12.6. The van der Waals surface area contributed by atoms with Crippen LogP contribution in [0.1, 0.15) is 45.1 Å². The number of nitrogens with one attached hydrogen (secondary N) is 1. The summed E-state index contributed by atoms with van der Waals surface area (Å²) in [4.78, 5) is 17.1. The third-order valence-corrected chi connectivity index (χ3v) is 7.98. The summed E-state index contributed by atoms with van der Waals surface area (Å²) < 4.78 is 45.5. The van der Waals surface area contributed by atoms with E-state index < -0.39 is 21.8 Å². The highest BCUT2D eigenvalue weighted by Gasteiger charge is 2.33. The largest absolute Gasteiger partial charge is 0.347 e. The second-order valence-corrected chi connectivity index (χ2v) is 11.7. The van der Waals surface area contributed by atoms with Crippen LogP contribution in [-0.2, 0) is 26.8 Å². The minimum absolute atomic E-state index is 0.00822. The molecule has 1 aliphatic heterocycles. The number of rotatable bonds is 6. The second-order valence-electron chi connectivity index (χ2n) is 9.71. The van der Waals surface area contributed by atoms with Gasteiger partial charge in [-0.1, -0.05) is 50.2 Å². The number of piperidine rings is 1. The third kappa shape index (κ3) is 5.76. The molecule has 1 amide bonds. The van der Waals surface area contributed by atoms with Crippen LogP contribution in [0.5, 0.6) is 0 Å². The van der Waals surface area contributed by atoms with Crippen molar-refractivity contribution in [2.75, 3.05) is 13.1 Å². The van der Waals surface area contributed by atoms with E-state index in [9.17, 15) is 17.6 Å². The van der Waals surface area contributed by atoms with Gasteiger partial charge in [0.05, 0.1) is 17.4 Å². The summed E-state index contributed by atoms with van der Waals surface area (Å²) in [5, 5.41) is 6.78. The first-order chi connectivity index (χ1) is 16.5. The molecule has 2 heterocycles. The minimum atomic E-state index is -3.81. The molecule has 0 unspecified atom stereocenters. The Morgan fingerprint density at radius 3 is 2.49 bits per heavy atom. The molecule has 1 fully saturated rings. The average molecular weight is 501 g/mol. The zero-order valence-corrected chi connectivity index (χ0v) is 20.8. The molecule has 1 aromatic heterocycles. The van der Waals surface area contributed by atoms with Crippen LogP contribution >= 0.6 is 0 Å². The average Bonchev–Trinajstić information content (AvgIpc) is 3.31. The quantitative estimate of drug-likeness (QED) is 0.551. The van der Waals surface area contributed by atoms with Crippen molar-refractivity contribution < 1.29 is 22.1 Å². The van der Waals surface area contributed by atoms with Crippen molar-refractivity contribution in [1.29, 1.82) is 0 Å². The van der Waals surface area contributed by atoms with Gasteiger partial charge in [-0.2, -0.15) is 9.29 Å². The smallest absolute Gasteiger partial charge is 0.246 e. The molecule has 186 valence electrons. The van der Waals surface area contributed by atoms with Crippen LogP contribution in [0.15, 0.2) is 57.9 Å². The Morgan fingerprint density at radius 1 is 1.14 bits per heavy atom. The van der Waals surface area contributed by atoms with Gasteiger partial charge in [-0.05, 0) is 48.1 Å². The Hall–Kier alpha value is -3.11. The van der Waals surface area contributed by atoms with Gasteiger partial charge < -0.3 is 9.84 Å². The fourth-order valence-electron chi connectivity index (χ4n) is 4.00. The maximum Gasteiger partial charge on any atom is 0.246 e. The zero-order valence-electron chi connectivity index (χ0n) is 20.0. The van der Waals surface area contributed by atoms with Crippen LogP contribution in [-0.4, -0.2) is 41.9 Å². The first-order valence-electron chi connectivity index (χ1n) is 11.5. The van der Waals surface area contributed by atoms with Gasteiger partial charge in [0, 0.05) is 18.7 Å². The molecule has 2 aromatic carbocycles. The fraction of sp³-hybridized carbons (Fsp3) is 0.400. The molecule has 0 aliphatic carbocycles. The first kappa shape index (κ1) is 25.0. The summed E-state index contributed by atoms with van der Waals surface area (Å²) in [5.41, 5.74) is 2.05. The SMILES string of the molecule is CC(C)(C)c1ccc(-c2noc(CNC(=O)[C@@H]3CCCN(S(=O)(=O)c4ccc(F)cc4)C3)n2)cc1. The van der Waals surface area contributed by atoms with E-state index in [1.54, 1.807) is 0 Å². The lowest BCUT2D eigenvalue weighted by molar-refractivity contribution is -0.126. The topological polar surface area (TPSA) is 105 Å². The summed E-state index contributed by atoms with van der Waals surface area (Å²) in [6.45, 7) is 6.83. The van der Waals surface area contributed by atoms with E-state index in [1.165, 1.54) is 22.0 Å². The predicted octanol–water partition coefficient (Wildman–Crippen LogP) is 3.89. The third-order valence-electron chi connectivity index (χ3n) is 6.10. The van der Waals surface area contributed by atoms with E-state index in [-0.39, 0.29) is 35.2 Å². The van der Waals surface area contributed by atoms with E-state index >= 15 is 0 Å². The lowest BCUT2D eigenvalue weighted by Crippen LogP contribution is -2.45.